The predicted molar refractivity (Wildman–Crippen MR) is 43.9 cm³/mol. The highest BCUT2D eigenvalue weighted by Gasteiger charge is 2.11. The van der Waals surface area contributed by atoms with Crippen molar-refractivity contribution in [1.82, 2.24) is 9.78 Å². The van der Waals surface area contributed by atoms with E-state index in [0.717, 1.165) is 6.42 Å². The number of carboxylic acids is 1. The smallest absolute Gasteiger partial charge is 0.354 e. The summed E-state index contributed by atoms with van der Waals surface area (Å²) in [6, 6.07) is 1.36. The van der Waals surface area contributed by atoms with E-state index >= 15 is 0 Å². The monoisotopic (exact) mass is 169 g/mol. The molecule has 1 aromatic rings. The molecule has 0 aliphatic heterocycles. The summed E-state index contributed by atoms with van der Waals surface area (Å²) in [7, 11) is 0. The highest BCUT2D eigenvalue weighted by atomic mass is 16.4. The van der Waals surface area contributed by atoms with E-state index in [1.807, 2.05) is 6.92 Å². The Hall–Kier alpha value is -1.52. The van der Waals surface area contributed by atoms with E-state index in [1.165, 1.54) is 10.7 Å². The number of hydrogen-bond acceptors (Lipinski definition) is 3. The first-order valence-electron chi connectivity index (χ1n) is 3.71. The maximum Gasteiger partial charge on any atom is 0.354 e. The van der Waals surface area contributed by atoms with Crippen LogP contribution in [0.3, 0.4) is 0 Å². The molecule has 0 atom stereocenters. The Kier molecular flexibility index (Phi) is 2.32. The lowest BCUT2D eigenvalue weighted by atomic mass is 10.4. The van der Waals surface area contributed by atoms with Crippen LogP contribution < -0.4 is 5.73 Å². The minimum atomic E-state index is -0.993. The van der Waals surface area contributed by atoms with Crippen LogP contribution in [0.15, 0.2) is 6.07 Å². The van der Waals surface area contributed by atoms with Crippen LogP contribution in [0, 0.1) is 0 Å². The van der Waals surface area contributed by atoms with Crippen LogP contribution in [0.5, 0.6) is 0 Å². The second-order valence-corrected chi connectivity index (χ2v) is 2.48. The standard InChI is InChI=1S/C7H11N3O2/c1-2-3-10-5(7(11)12)4-6(8)9-10/h4H,2-3H2,1H3,(H2,8,9)(H,11,12). The number of rotatable bonds is 3. The molecule has 0 radical (unpaired) electrons. The molecular weight excluding hydrogens is 158 g/mol. The second-order valence-electron chi connectivity index (χ2n) is 2.48. The summed E-state index contributed by atoms with van der Waals surface area (Å²) in [6.07, 6.45) is 0.835. The Labute approximate surface area is 69.8 Å². The average Bonchev–Trinajstić information content (AvgIpc) is 2.32. The molecule has 0 aliphatic rings. The molecule has 0 spiro atoms. The topological polar surface area (TPSA) is 81.1 Å². The summed E-state index contributed by atoms with van der Waals surface area (Å²) in [4.78, 5) is 10.6. The van der Waals surface area contributed by atoms with Gasteiger partial charge in [0.1, 0.15) is 11.5 Å². The van der Waals surface area contributed by atoms with Crippen LogP contribution in [0.1, 0.15) is 23.8 Å². The van der Waals surface area contributed by atoms with E-state index in [2.05, 4.69) is 5.10 Å². The summed E-state index contributed by atoms with van der Waals surface area (Å²) in [5.74, 6) is -0.742. The van der Waals surface area contributed by atoms with Gasteiger partial charge in [0.25, 0.3) is 0 Å². The third kappa shape index (κ3) is 1.55. The quantitative estimate of drug-likeness (QED) is 0.693. The maximum atomic E-state index is 10.6. The van der Waals surface area contributed by atoms with Gasteiger partial charge in [-0.05, 0) is 6.42 Å². The fraction of sp³-hybridized carbons (Fsp3) is 0.429. The lowest BCUT2D eigenvalue weighted by Gasteiger charge is -1.99. The zero-order valence-corrected chi connectivity index (χ0v) is 6.82. The highest BCUT2D eigenvalue weighted by Crippen LogP contribution is 2.06. The maximum absolute atomic E-state index is 10.6. The van der Waals surface area contributed by atoms with Gasteiger partial charge in [-0.25, -0.2) is 4.79 Å². The number of nitrogen functional groups attached to an aromatic ring is 1. The Bertz CT molecular complexity index is 293. The number of nitrogens with two attached hydrogens (primary N) is 1. The first kappa shape index (κ1) is 8.58. The summed E-state index contributed by atoms with van der Waals surface area (Å²) < 4.78 is 1.40. The molecule has 0 saturated carbocycles. The van der Waals surface area contributed by atoms with Gasteiger partial charge < -0.3 is 10.8 Å². The average molecular weight is 169 g/mol. The number of carbonyl (C=O) groups is 1. The molecule has 0 aromatic carbocycles. The van der Waals surface area contributed by atoms with E-state index in [4.69, 9.17) is 10.8 Å². The van der Waals surface area contributed by atoms with Crippen molar-refractivity contribution in [3.05, 3.63) is 11.8 Å². The molecule has 5 heteroatoms. The molecule has 5 nitrogen and oxygen atoms in total. The number of aromatic nitrogens is 2. The fourth-order valence-corrected chi connectivity index (χ4v) is 0.991. The molecule has 0 aliphatic carbocycles. The fourth-order valence-electron chi connectivity index (χ4n) is 0.991. The SMILES string of the molecule is CCCn1nc(N)cc1C(=O)O. The van der Waals surface area contributed by atoms with E-state index in [-0.39, 0.29) is 11.5 Å². The van der Waals surface area contributed by atoms with Gasteiger partial charge in [0.05, 0.1) is 0 Å². The molecule has 0 fully saturated rings. The van der Waals surface area contributed by atoms with E-state index in [1.54, 1.807) is 0 Å². The van der Waals surface area contributed by atoms with Crippen molar-refractivity contribution in [3.8, 4) is 0 Å². The molecule has 0 unspecified atom stereocenters. The zero-order valence-electron chi connectivity index (χ0n) is 6.82. The van der Waals surface area contributed by atoms with Gasteiger partial charge in [-0.3, -0.25) is 4.68 Å². The van der Waals surface area contributed by atoms with Gasteiger partial charge in [-0.1, -0.05) is 6.92 Å². The van der Waals surface area contributed by atoms with Gasteiger partial charge in [-0.2, -0.15) is 5.10 Å². The zero-order chi connectivity index (χ0) is 9.14. The molecule has 1 aromatic heterocycles. The summed E-state index contributed by atoms with van der Waals surface area (Å²) in [6.45, 7) is 2.53. The van der Waals surface area contributed by atoms with Crippen molar-refractivity contribution in [2.24, 2.45) is 0 Å². The van der Waals surface area contributed by atoms with Crippen molar-refractivity contribution >= 4 is 11.8 Å². The minimum absolute atomic E-state index is 0.148. The molecule has 3 N–H and O–H groups in total. The lowest BCUT2D eigenvalue weighted by molar-refractivity contribution is 0.0683. The second kappa shape index (κ2) is 3.25. The van der Waals surface area contributed by atoms with Gasteiger partial charge in [0.2, 0.25) is 0 Å². The van der Waals surface area contributed by atoms with Crippen LogP contribution >= 0.6 is 0 Å². The molecule has 1 rings (SSSR count). The van der Waals surface area contributed by atoms with Crippen LogP contribution in [0.25, 0.3) is 0 Å². The number of carboxylic acid groups (broad SMARTS) is 1. The van der Waals surface area contributed by atoms with E-state index in [9.17, 15) is 4.79 Å². The molecule has 0 saturated heterocycles. The number of anilines is 1. The van der Waals surface area contributed by atoms with Gasteiger partial charge in [0, 0.05) is 12.6 Å². The van der Waals surface area contributed by atoms with Crippen molar-refractivity contribution in [1.29, 1.82) is 0 Å². The van der Waals surface area contributed by atoms with Crippen LogP contribution in [0.2, 0.25) is 0 Å². The molecule has 66 valence electrons. The largest absolute Gasteiger partial charge is 0.477 e. The van der Waals surface area contributed by atoms with Crippen molar-refractivity contribution < 1.29 is 9.90 Å². The van der Waals surface area contributed by atoms with Crippen molar-refractivity contribution in [2.45, 2.75) is 19.9 Å². The highest BCUT2D eigenvalue weighted by molar-refractivity contribution is 5.86. The number of aryl methyl sites for hydroxylation is 1. The summed E-state index contributed by atoms with van der Waals surface area (Å²) in [5, 5.41) is 12.5. The van der Waals surface area contributed by atoms with Crippen LogP contribution in [-0.2, 0) is 6.54 Å². The number of nitrogens with zero attached hydrogens (tertiary/aromatic N) is 2. The third-order valence-corrected chi connectivity index (χ3v) is 1.45. The molecule has 12 heavy (non-hydrogen) atoms. The molecule has 0 amide bonds. The first-order chi connectivity index (χ1) is 5.65. The minimum Gasteiger partial charge on any atom is -0.477 e. The molecule has 0 bridgehead atoms. The third-order valence-electron chi connectivity index (χ3n) is 1.45. The van der Waals surface area contributed by atoms with Gasteiger partial charge >= 0.3 is 5.97 Å². The van der Waals surface area contributed by atoms with E-state index in [0.29, 0.717) is 6.54 Å². The predicted octanol–water partition coefficient (Wildman–Crippen LogP) is 0.574. The summed E-state index contributed by atoms with van der Waals surface area (Å²) >= 11 is 0. The van der Waals surface area contributed by atoms with E-state index < -0.39 is 5.97 Å². The molecular formula is C7H11N3O2. The number of aromatic carboxylic acids is 1. The van der Waals surface area contributed by atoms with Crippen LogP contribution in [0.4, 0.5) is 5.82 Å². The Morgan fingerprint density at radius 1 is 1.83 bits per heavy atom. The lowest BCUT2D eigenvalue weighted by Crippen LogP contribution is -2.09. The molecule has 1 heterocycles. The number of hydrogen-bond donors (Lipinski definition) is 2. The van der Waals surface area contributed by atoms with Crippen LogP contribution in [-0.4, -0.2) is 20.9 Å². The van der Waals surface area contributed by atoms with Crippen molar-refractivity contribution in [3.63, 3.8) is 0 Å². The van der Waals surface area contributed by atoms with Crippen molar-refractivity contribution in [2.75, 3.05) is 5.73 Å². The van der Waals surface area contributed by atoms with Gasteiger partial charge in [0.15, 0.2) is 0 Å². The normalized spacial score (nSPS) is 10.1. The Morgan fingerprint density at radius 3 is 3.00 bits per heavy atom. The Morgan fingerprint density at radius 2 is 2.50 bits per heavy atom. The summed E-state index contributed by atoms with van der Waals surface area (Å²) in [5.41, 5.74) is 5.50. The first-order valence-corrected chi connectivity index (χ1v) is 3.71. The van der Waals surface area contributed by atoms with Gasteiger partial charge in [-0.15, -0.1) is 0 Å². The Balaban J connectivity index is 2.99.